The van der Waals surface area contributed by atoms with Crippen LogP contribution >= 0.6 is 11.6 Å². The Morgan fingerprint density at radius 2 is 1.95 bits per heavy atom. The predicted molar refractivity (Wildman–Crippen MR) is 83.5 cm³/mol. The van der Waals surface area contributed by atoms with E-state index >= 15 is 0 Å². The van der Waals surface area contributed by atoms with Gasteiger partial charge in [-0.15, -0.1) is 11.6 Å². The number of ether oxygens (including phenoxy) is 2. The molecule has 0 spiro atoms. The van der Waals surface area contributed by atoms with Crippen molar-refractivity contribution in [3.05, 3.63) is 23.8 Å². The van der Waals surface area contributed by atoms with Crippen LogP contribution in [0, 0.1) is 5.92 Å². The van der Waals surface area contributed by atoms with Crippen molar-refractivity contribution >= 4 is 17.5 Å². The number of carbonyl (C=O) groups is 1. The number of rotatable bonds is 4. The van der Waals surface area contributed by atoms with E-state index in [9.17, 15) is 4.79 Å². The van der Waals surface area contributed by atoms with Crippen LogP contribution < -0.4 is 9.47 Å². The number of benzene rings is 1. The normalized spacial score (nSPS) is 17.4. The van der Waals surface area contributed by atoms with Gasteiger partial charge in [-0.3, -0.25) is 4.79 Å². The van der Waals surface area contributed by atoms with Crippen molar-refractivity contribution in [1.29, 1.82) is 0 Å². The van der Waals surface area contributed by atoms with Gasteiger partial charge in [-0.05, 0) is 43.9 Å². The molecule has 1 unspecified atom stereocenters. The van der Waals surface area contributed by atoms with E-state index in [4.69, 9.17) is 21.1 Å². The Kier molecular flexibility index (Phi) is 5.34. The van der Waals surface area contributed by atoms with E-state index in [0.717, 1.165) is 25.9 Å². The van der Waals surface area contributed by atoms with Gasteiger partial charge < -0.3 is 14.4 Å². The van der Waals surface area contributed by atoms with Crippen molar-refractivity contribution in [3.8, 4) is 11.5 Å². The third-order valence-corrected chi connectivity index (χ3v) is 4.47. The molecular formula is C16H22ClNO3. The molecule has 1 atom stereocenters. The maximum atomic E-state index is 12.7. The summed E-state index contributed by atoms with van der Waals surface area (Å²) >= 11 is 6.15. The summed E-state index contributed by atoms with van der Waals surface area (Å²) in [6, 6.07) is 5.29. The molecule has 0 aromatic heterocycles. The molecule has 0 bridgehead atoms. The third kappa shape index (κ3) is 3.62. The average Bonchev–Trinajstić information content (AvgIpc) is 2.53. The lowest BCUT2D eigenvalue weighted by molar-refractivity contribution is 0.0686. The Morgan fingerprint density at radius 1 is 1.29 bits per heavy atom. The molecule has 0 saturated carbocycles. The van der Waals surface area contributed by atoms with Gasteiger partial charge in [-0.25, -0.2) is 0 Å². The summed E-state index contributed by atoms with van der Waals surface area (Å²) in [4.78, 5) is 14.5. The number of methoxy groups -OCH3 is 2. The fraction of sp³-hybridized carbons (Fsp3) is 0.562. The van der Waals surface area contributed by atoms with Gasteiger partial charge in [0, 0.05) is 18.5 Å². The maximum Gasteiger partial charge on any atom is 0.257 e. The van der Waals surface area contributed by atoms with E-state index in [1.807, 2.05) is 11.8 Å². The highest BCUT2D eigenvalue weighted by Crippen LogP contribution is 2.28. The summed E-state index contributed by atoms with van der Waals surface area (Å²) in [6.45, 7) is 3.50. The second kappa shape index (κ2) is 7.03. The first-order valence-corrected chi connectivity index (χ1v) is 7.65. The Labute approximate surface area is 131 Å². The molecule has 116 valence electrons. The molecule has 1 fully saturated rings. The number of carbonyl (C=O) groups excluding carboxylic acids is 1. The number of likely N-dealkylation sites (tertiary alicyclic amines) is 1. The standard InChI is InChI=1S/C16H22ClNO3/c1-11(17)12-6-8-18(9-7-12)16(19)14-10-13(20-2)4-5-15(14)21-3/h4-5,10-12H,6-9H2,1-3H3. The van der Waals surface area contributed by atoms with Gasteiger partial charge in [0.15, 0.2) is 0 Å². The number of halogens is 1. The van der Waals surface area contributed by atoms with Gasteiger partial charge in [0.1, 0.15) is 11.5 Å². The van der Waals surface area contributed by atoms with Gasteiger partial charge in [-0.2, -0.15) is 0 Å². The molecule has 21 heavy (non-hydrogen) atoms. The van der Waals surface area contributed by atoms with Crippen molar-refractivity contribution in [1.82, 2.24) is 4.90 Å². The Hall–Kier alpha value is -1.42. The van der Waals surface area contributed by atoms with E-state index in [1.165, 1.54) is 0 Å². The molecular weight excluding hydrogens is 290 g/mol. The number of nitrogens with zero attached hydrogens (tertiary/aromatic N) is 1. The lowest BCUT2D eigenvalue weighted by Gasteiger charge is -2.33. The lowest BCUT2D eigenvalue weighted by atomic mass is 9.93. The topological polar surface area (TPSA) is 38.8 Å². The van der Waals surface area contributed by atoms with Crippen LogP contribution in [0.2, 0.25) is 0 Å². The molecule has 1 heterocycles. The molecule has 0 aliphatic carbocycles. The molecule has 1 saturated heterocycles. The van der Waals surface area contributed by atoms with Crippen molar-refractivity contribution < 1.29 is 14.3 Å². The summed E-state index contributed by atoms with van der Waals surface area (Å²) in [5.41, 5.74) is 0.550. The van der Waals surface area contributed by atoms with Crippen LogP contribution in [0.1, 0.15) is 30.1 Å². The van der Waals surface area contributed by atoms with Crippen LogP contribution in [-0.2, 0) is 0 Å². The minimum absolute atomic E-state index is 0.00794. The molecule has 2 rings (SSSR count). The minimum atomic E-state index is -0.00794. The smallest absolute Gasteiger partial charge is 0.257 e. The molecule has 4 nitrogen and oxygen atoms in total. The van der Waals surface area contributed by atoms with Crippen LogP contribution in [0.5, 0.6) is 11.5 Å². The highest BCUT2D eigenvalue weighted by molar-refractivity contribution is 6.20. The molecule has 5 heteroatoms. The van der Waals surface area contributed by atoms with Gasteiger partial charge in [0.2, 0.25) is 0 Å². The van der Waals surface area contributed by atoms with E-state index in [-0.39, 0.29) is 11.3 Å². The highest BCUT2D eigenvalue weighted by atomic mass is 35.5. The van der Waals surface area contributed by atoms with Crippen LogP contribution in [0.15, 0.2) is 18.2 Å². The van der Waals surface area contributed by atoms with Gasteiger partial charge in [-0.1, -0.05) is 0 Å². The zero-order chi connectivity index (χ0) is 15.4. The maximum absolute atomic E-state index is 12.7. The fourth-order valence-electron chi connectivity index (χ4n) is 2.71. The first-order chi connectivity index (χ1) is 10.1. The second-order valence-electron chi connectivity index (χ2n) is 5.37. The van der Waals surface area contributed by atoms with E-state index < -0.39 is 0 Å². The molecule has 1 amide bonds. The summed E-state index contributed by atoms with van der Waals surface area (Å²) in [5, 5.41) is 0.161. The van der Waals surface area contributed by atoms with Gasteiger partial charge >= 0.3 is 0 Å². The lowest BCUT2D eigenvalue weighted by Crippen LogP contribution is -2.40. The minimum Gasteiger partial charge on any atom is -0.497 e. The summed E-state index contributed by atoms with van der Waals surface area (Å²) in [5.74, 6) is 1.71. The van der Waals surface area contributed by atoms with E-state index in [2.05, 4.69) is 0 Å². The largest absolute Gasteiger partial charge is 0.497 e. The number of piperidine rings is 1. The summed E-state index contributed by atoms with van der Waals surface area (Å²) in [6.07, 6.45) is 1.89. The number of amides is 1. The third-order valence-electron chi connectivity index (χ3n) is 4.11. The second-order valence-corrected chi connectivity index (χ2v) is 6.06. The van der Waals surface area contributed by atoms with Crippen LogP contribution in [-0.4, -0.2) is 43.5 Å². The molecule has 1 aliphatic rings. The van der Waals surface area contributed by atoms with Crippen LogP contribution in [0.3, 0.4) is 0 Å². The first kappa shape index (κ1) is 16.0. The quantitative estimate of drug-likeness (QED) is 0.802. The van der Waals surface area contributed by atoms with Crippen molar-refractivity contribution in [3.63, 3.8) is 0 Å². The van der Waals surface area contributed by atoms with Crippen molar-refractivity contribution in [2.45, 2.75) is 25.1 Å². The summed E-state index contributed by atoms with van der Waals surface area (Å²) < 4.78 is 10.5. The average molecular weight is 312 g/mol. The van der Waals surface area contributed by atoms with E-state index in [1.54, 1.807) is 32.4 Å². The molecule has 1 aromatic carbocycles. The zero-order valence-electron chi connectivity index (χ0n) is 12.8. The fourth-order valence-corrected chi connectivity index (χ4v) is 2.97. The Balaban J connectivity index is 2.13. The molecule has 0 radical (unpaired) electrons. The van der Waals surface area contributed by atoms with E-state index in [0.29, 0.717) is 23.0 Å². The summed E-state index contributed by atoms with van der Waals surface area (Å²) in [7, 11) is 3.16. The SMILES string of the molecule is COc1ccc(OC)c(C(=O)N2CCC(C(C)Cl)CC2)c1. The molecule has 0 N–H and O–H groups in total. The van der Waals surface area contributed by atoms with Gasteiger partial charge in [0.25, 0.3) is 5.91 Å². The zero-order valence-corrected chi connectivity index (χ0v) is 13.5. The monoisotopic (exact) mass is 311 g/mol. The number of hydrogen-bond acceptors (Lipinski definition) is 3. The molecule has 1 aliphatic heterocycles. The first-order valence-electron chi connectivity index (χ1n) is 7.22. The highest BCUT2D eigenvalue weighted by Gasteiger charge is 2.27. The number of hydrogen-bond donors (Lipinski definition) is 0. The van der Waals surface area contributed by atoms with Crippen molar-refractivity contribution in [2.24, 2.45) is 5.92 Å². The Bertz CT molecular complexity index is 496. The predicted octanol–water partition coefficient (Wildman–Crippen LogP) is 3.18. The van der Waals surface area contributed by atoms with Crippen LogP contribution in [0.25, 0.3) is 0 Å². The van der Waals surface area contributed by atoms with Crippen LogP contribution in [0.4, 0.5) is 0 Å². The van der Waals surface area contributed by atoms with Gasteiger partial charge in [0.05, 0.1) is 19.8 Å². The molecule has 1 aromatic rings. The Morgan fingerprint density at radius 3 is 2.48 bits per heavy atom. The number of alkyl halides is 1. The van der Waals surface area contributed by atoms with Crippen molar-refractivity contribution in [2.75, 3.05) is 27.3 Å².